The van der Waals surface area contributed by atoms with E-state index in [2.05, 4.69) is 0 Å². The van der Waals surface area contributed by atoms with E-state index in [9.17, 15) is 4.79 Å². The van der Waals surface area contributed by atoms with Crippen LogP contribution < -0.4 is 0 Å². The topological polar surface area (TPSA) is 37.3 Å². The van der Waals surface area contributed by atoms with Gasteiger partial charge in [0.2, 0.25) is 0 Å². The van der Waals surface area contributed by atoms with Crippen LogP contribution in [0, 0.1) is 0 Å². The minimum Gasteiger partial charge on any atom is -0.508 e. The van der Waals surface area contributed by atoms with Crippen molar-refractivity contribution in [2.24, 2.45) is 0 Å². The Morgan fingerprint density at radius 2 is 2.11 bits per heavy atom. The molecule has 1 aliphatic carbocycles. The van der Waals surface area contributed by atoms with Gasteiger partial charge in [0.15, 0.2) is 5.78 Å². The number of rotatable bonds is 0. The second-order valence-electron chi connectivity index (χ2n) is 2.01. The molecule has 0 saturated carbocycles. The van der Waals surface area contributed by atoms with Crippen molar-refractivity contribution in [1.29, 1.82) is 0 Å². The van der Waals surface area contributed by atoms with E-state index in [0.717, 1.165) is 0 Å². The van der Waals surface area contributed by atoms with E-state index in [1.165, 1.54) is 0 Å². The molecule has 0 unspecified atom stereocenters. The fraction of sp³-hybridized carbons (Fsp3) is 0. The van der Waals surface area contributed by atoms with Gasteiger partial charge in [-0.3, -0.25) is 4.79 Å². The van der Waals surface area contributed by atoms with Gasteiger partial charge in [0.1, 0.15) is 21.5 Å². The van der Waals surface area contributed by atoms with Gasteiger partial charge in [-0.2, -0.15) is 0 Å². The first kappa shape index (κ1) is 6.20. The van der Waals surface area contributed by atoms with Crippen LogP contribution in [0.1, 0.15) is 0 Å². The first-order valence-corrected chi connectivity index (χ1v) is 2.79. The summed E-state index contributed by atoms with van der Waals surface area (Å²) in [5.41, 5.74) is 0.926. The molecule has 0 fully saturated rings. The highest BCUT2D eigenvalue weighted by molar-refractivity contribution is 6.46. The van der Waals surface area contributed by atoms with Gasteiger partial charge >= 0.3 is 0 Å². The van der Waals surface area contributed by atoms with Crippen molar-refractivity contribution in [1.82, 2.24) is 0 Å². The van der Waals surface area contributed by atoms with E-state index in [1.807, 2.05) is 0 Å². The number of hydrogen-bond acceptors (Lipinski definition) is 2. The Morgan fingerprint density at radius 3 is 2.33 bits per heavy atom. The third-order valence-corrected chi connectivity index (χ3v) is 1.48. The summed E-state index contributed by atoms with van der Waals surface area (Å²) in [5.74, 6) is 1.74. The normalized spacial score (nSPS) is 22.7. The maximum Gasteiger partial charge on any atom is 0.185 e. The van der Waals surface area contributed by atoms with Crippen molar-refractivity contribution in [2.45, 2.75) is 0 Å². The Kier molecular flexibility index (Phi) is 1.24. The molecule has 1 rings (SSSR count). The average Bonchev–Trinajstić information content (AvgIpc) is 1.89. The molecule has 0 aromatic heterocycles. The van der Waals surface area contributed by atoms with Gasteiger partial charge in [-0.05, 0) is 5.47 Å². The average molecular weight is 120 g/mol. The van der Waals surface area contributed by atoms with E-state index in [-0.39, 0.29) is 11.5 Å². The minimum atomic E-state index is -0.0324. The number of ketones is 1. The Labute approximate surface area is 55.1 Å². The van der Waals surface area contributed by atoms with Gasteiger partial charge in [0, 0.05) is 5.57 Å². The number of aliphatic hydroxyl groups is 1. The first-order chi connectivity index (χ1) is 4.18. The van der Waals surface area contributed by atoms with Crippen LogP contribution >= 0.6 is 0 Å². The highest BCUT2D eigenvalue weighted by Crippen LogP contribution is 2.24. The summed E-state index contributed by atoms with van der Waals surface area (Å²) in [6.45, 7) is 0. The second-order valence-corrected chi connectivity index (χ2v) is 2.01. The molecule has 0 aliphatic heterocycles. The molecule has 2 nitrogen and oxygen atoms in total. The smallest absolute Gasteiger partial charge is 0.185 e. The molecule has 0 saturated heterocycles. The molecule has 0 heterocycles. The molecule has 0 spiro atoms. The Balaban J connectivity index is 3.06. The molecule has 4 heteroatoms. The predicted molar refractivity (Wildman–Crippen MR) is 39.8 cm³/mol. The lowest BCUT2D eigenvalue weighted by Gasteiger charge is -2.17. The molecular weight excluding hydrogens is 114 g/mol. The van der Waals surface area contributed by atoms with E-state index in [0.29, 0.717) is 11.0 Å². The van der Waals surface area contributed by atoms with Crippen molar-refractivity contribution in [3.8, 4) is 0 Å². The fourth-order valence-electron chi connectivity index (χ4n) is 0.824. The number of Topliss-reactive ketones (excluding diaryl/α,β-unsaturated/α-hetero) is 1. The molecule has 0 bridgehead atoms. The third kappa shape index (κ3) is 0.626. The third-order valence-electron chi connectivity index (χ3n) is 1.48. The Hall–Kier alpha value is -0.920. The molecule has 0 radical (unpaired) electrons. The first-order valence-electron chi connectivity index (χ1n) is 2.79. The van der Waals surface area contributed by atoms with Gasteiger partial charge in [-0.15, -0.1) is 5.98 Å². The van der Waals surface area contributed by atoms with Crippen molar-refractivity contribution >= 4 is 21.5 Å². The van der Waals surface area contributed by atoms with Crippen LogP contribution in [0.2, 0.25) is 0 Å². The van der Waals surface area contributed by atoms with Crippen molar-refractivity contribution < 1.29 is 9.90 Å². The molecule has 44 valence electrons. The molecule has 1 aliphatic rings. The molecule has 0 aromatic rings. The molecule has 9 heavy (non-hydrogen) atoms. The Bertz CT molecular complexity index is 227. The summed E-state index contributed by atoms with van der Waals surface area (Å²) in [7, 11) is 3.35. The van der Waals surface area contributed by atoms with E-state index < -0.39 is 0 Å². The zero-order valence-electron chi connectivity index (χ0n) is 5.43. The van der Waals surface area contributed by atoms with Crippen LogP contribution in [0.25, 0.3) is 0 Å². The van der Waals surface area contributed by atoms with Crippen molar-refractivity contribution in [2.75, 3.05) is 0 Å². The SMILES string of the molecule is B/C=C1\C(=O)C(B)=C1O. The number of carbonyl (C=O) groups is 1. The van der Waals surface area contributed by atoms with Crippen molar-refractivity contribution in [3.05, 3.63) is 22.8 Å². The van der Waals surface area contributed by atoms with Crippen LogP contribution in [0.3, 0.4) is 0 Å². The zero-order chi connectivity index (χ0) is 7.02. The van der Waals surface area contributed by atoms with Crippen LogP contribution in [-0.2, 0) is 4.79 Å². The lowest BCUT2D eigenvalue weighted by Crippen LogP contribution is -2.22. The van der Waals surface area contributed by atoms with E-state index in [1.54, 1.807) is 21.7 Å². The van der Waals surface area contributed by atoms with Gasteiger partial charge in [-0.1, -0.05) is 0 Å². The summed E-state index contributed by atoms with van der Waals surface area (Å²) in [5, 5.41) is 8.94. The number of aliphatic hydroxyl groups excluding tert-OH is 1. The molecular formula is C5H6B2O2. The second kappa shape index (κ2) is 1.79. The maximum absolute atomic E-state index is 10.7. The molecule has 0 aromatic carbocycles. The Morgan fingerprint density at radius 1 is 1.56 bits per heavy atom. The monoisotopic (exact) mass is 120 g/mol. The molecule has 1 N–H and O–H groups in total. The van der Waals surface area contributed by atoms with E-state index >= 15 is 0 Å². The summed E-state index contributed by atoms with van der Waals surface area (Å²) >= 11 is 0. The van der Waals surface area contributed by atoms with Crippen LogP contribution in [0.5, 0.6) is 0 Å². The predicted octanol–water partition coefficient (Wildman–Crippen LogP) is -1.51. The lowest BCUT2D eigenvalue weighted by atomic mass is 9.74. The highest BCUT2D eigenvalue weighted by Gasteiger charge is 2.27. The summed E-state index contributed by atoms with van der Waals surface area (Å²) in [6, 6.07) is 0. The highest BCUT2D eigenvalue weighted by atomic mass is 16.3. The minimum absolute atomic E-state index is 0.0324. The maximum atomic E-state index is 10.7. The standard InChI is InChI=1S/C5H6B2O2/c6-1-2-4(8)3(7)5(2)9/h1,8H,6-7H2/b2-1-. The fourth-order valence-corrected chi connectivity index (χ4v) is 0.824. The number of carbonyl (C=O) groups excluding carboxylic acids is 1. The van der Waals surface area contributed by atoms with Gasteiger partial charge in [0.05, 0.1) is 0 Å². The summed E-state index contributed by atoms with van der Waals surface area (Å²) < 4.78 is 0. The van der Waals surface area contributed by atoms with Crippen LogP contribution in [0.4, 0.5) is 0 Å². The zero-order valence-corrected chi connectivity index (χ0v) is 5.43. The number of hydrogen-bond donors (Lipinski definition) is 1. The van der Waals surface area contributed by atoms with Gasteiger partial charge in [0.25, 0.3) is 0 Å². The summed E-state index contributed by atoms with van der Waals surface area (Å²) in [4.78, 5) is 10.7. The van der Waals surface area contributed by atoms with Crippen molar-refractivity contribution in [3.63, 3.8) is 0 Å². The van der Waals surface area contributed by atoms with Crippen LogP contribution in [0.15, 0.2) is 22.8 Å². The molecule has 0 amide bonds. The molecule has 0 atom stereocenters. The van der Waals surface area contributed by atoms with Crippen LogP contribution in [-0.4, -0.2) is 26.6 Å². The summed E-state index contributed by atoms with van der Waals surface area (Å²) in [6.07, 6.45) is 0. The van der Waals surface area contributed by atoms with E-state index in [4.69, 9.17) is 5.11 Å². The number of allylic oxidation sites excluding steroid dienone is 2. The van der Waals surface area contributed by atoms with Gasteiger partial charge in [-0.25, -0.2) is 0 Å². The quantitative estimate of drug-likeness (QED) is 0.311. The lowest BCUT2D eigenvalue weighted by molar-refractivity contribution is -0.113. The van der Waals surface area contributed by atoms with Gasteiger partial charge < -0.3 is 5.11 Å². The largest absolute Gasteiger partial charge is 0.508 e.